The third kappa shape index (κ3) is 4.51. The van der Waals surface area contributed by atoms with Crippen molar-refractivity contribution in [3.05, 3.63) is 53.6 Å². The van der Waals surface area contributed by atoms with Crippen LogP contribution in [0.4, 0.5) is 21.6 Å². The van der Waals surface area contributed by atoms with E-state index in [1.807, 2.05) is 18.2 Å². The van der Waals surface area contributed by atoms with Crippen LogP contribution in [0.1, 0.15) is 19.3 Å². The number of rotatable bonds is 7. The van der Waals surface area contributed by atoms with Gasteiger partial charge in [-0.2, -0.15) is 0 Å². The second-order valence-corrected chi connectivity index (χ2v) is 7.44. The van der Waals surface area contributed by atoms with Crippen molar-refractivity contribution in [1.82, 2.24) is 14.9 Å². The van der Waals surface area contributed by atoms with Crippen LogP contribution in [0.25, 0.3) is 10.9 Å². The molecule has 5 nitrogen and oxygen atoms in total. The van der Waals surface area contributed by atoms with Gasteiger partial charge in [0.25, 0.3) is 0 Å². The number of likely N-dealkylation sites (tertiary alicyclic amines) is 1. The molecule has 1 aliphatic rings. The largest absolute Gasteiger partial charge is 0.385 e. The van der Waals surface area contributed by atoms with E-state index in [-0.39, 0.29) is 5.02 Å². The normalized spacial score (nSPS) is 14.5. The predicted octanol–water partition coefficient (Wildman–Crippen LogP) is 5.06. The number of nitrogens with zero attached hydrogens (tertiary/aromatic N) is 3. The average Bonchev–Trinajstić information content (AvgIpc) is 3.22. The summed E-state index contributed by atoms with van der Waals surface area (Å²) in [6.45, 7) is 4.53. The fraction of sp³-hybridized carbons (Fsp3) is 0.333. The smallest absolute Gasteiger partial charge is 0.141 e. The lowest BCUT2D eigenvalue weighted by atomic mass is 10.2. The summed E-state index contributed by atoms with van der Waals surface area (Å²) in [6.07, 6.45) is 5.28. The minimum absolute atomic E-state index is 0.0729. The Bertz CT molecular complexity index is 959. The van der Waals surface area contributed by atoms with E-state index in [1.165, 1.54) is 38.3 Å². The first-order valence-electron chi connectivity index (χ1n) is 9.62. The lowest BCUT2D eigenvalue weighted by molar-refractivity contribution is 0.337. The van der Waals surface area contributed by atoms with E-state index in [0.29, 0.717) is 11.5 Å². The Morgan fingerprint density at radius 1 is 1.04 bits per heavy atom. The molecular weight excluding hydrogens is 377 g/mol. The number of fused-ring (bicyclic) bond motifs is 1. The van der Waals surface area contributed by atoms with E-state index < -0.39 is 5.82 Å². The Kier molecular flexibility index (Phi) is 5.88. The fourth-order valence-electron chi connectivity index (χ4n) is 3.52. The Hall–Kier alpha value is -2.44. The van der Waals surface area contributed by atoms with Gasteiger partial charge in [-0.25, -0.2) is 14.4 Å². The molecule has 3 aromatic rings. The van der Waals surface area contributed by atoms with Crippen LogP contribution in [0.15, 0.2) is 42.7 Å². The van der Waals surface area contributed by atoms with Crippen molar-refractivity contribution in [1.29, 1.82) is 0 Å². The summed E-state index contributed by atoms with van der Waals surface area (Å²) in [5.41, 5.74) is 2.55. The minimum Gasteiger partial charge on any atom is -0.385 e. The SMILES string of the molecule is Fc1ccc(Nc2ncnc3ccc(NCCCN4CCCC4)cc23)cc1Cl. The monoisotopic (exact) mass is 399 g/mol. The van der Waals surface area contributed by atoms with E-state index in [0.717, 1.165) is 36.1 Å². The Morgan fingerprint density at radius 2 is 1.86 bits per heavy atom. The molecule has 0 radical (unpaired) electrons. The van der Waals surface area contributed by atoms with Crippen LogP contribution < -0.4 is 10.6 Å². The molecule has 0 unspecified atom stereocenters. The van der Waals surface area contributed by atoms with Gasteiger partial charge in [-0.05, 0) is 75.3 Å². The van der Waals surface area contributed by atoms with Crippen LogP contribution in [0, 0.1) is 5.82 Å². The molecule has 1 aromatic heterocycles. The van der Waals surface area contributed by atoms with Gasteiger partial charge >= 0.3 is 0 Å². The fourth-order valence-corrected chi connectivity index (χ4v) is 3.70. The highest BCUT2D eigenvalue weighted by Crippen LogP contribution is 2.27. The van der Waals surface area contributed by atoms with E-state index in [4.69, 9.17) is 11.6 Å². The summed E-state index contributed by atoms with van der Waals surface area (Å²) < 4.78 is 13.4. The molecule has 0 saturated carbocycles. The van der Waals surface area contributed by atoms with Gasteiger partial charge in [-0.15, -0.1) is 0 Å². The topological polar surface area (TPSA) is 53.1 Å². The molecule has 0 spiro atoms. The van der Waals surface area contributed by atoms with Crippen molar-refractivity contribution in [2.24, 2.45) is 0 Å². The molecule has 2 aromatic carbocycles. The molecule has 4 rings (SSSR count). The van der Waals surface area contributed by atoms with Gasteiger partial charge in [0.05, 0.1) is 10.5 Å². The molecule has 1 aliphatic heterocycles. The summed E-state index contributed by atoms with van der Waals surface area (Å²) in [4.78, 5) is 11.2. The van der Waals surface area contributed by atoms with Crippen molar-refractivity contribution >= 4 is 39.7 Å². The minimum atomic E-state index is -0.444. The molecule has 0 bridgehead atoms. The Labute approximate surface area is 168 Å². The van der Waals surface area contributed by atoms with E-state index in [9.17, 15) is 4.39 Å². The highest BCUT2D eigenvalue weighted by atomic mass is 35.5. The van der Waals surface area contributed by atoms with Gasteiger partial charge in [-0.1, -0.05) is 11.6 Å². The first-order chi connectivity index (χ1) is 13.7. The molecule has 7 heteroatoms. The maximum Gasteiger partial charge on any atom is 0.141 e. The van der Waals surface area contributed by atoms with Crippen LogP contribution >= 0.6 is 11.6 Å². The van der Waals surface area contributed by atoms with E-state index in [1.54, 1.807) is 12.1 Å². The zero-order valence-electron chi connectivity index (χ0n) is 15.6. The average molecular weight is 400 g/mol. The summed E-state index contributed by atoms with van der Waals surface area (Å²) >= 11 is 5.88. The molecule has 2 N–H and O–H groups in total. The quantitative estimate of drug-likeness (QED) is 0.543. The number of aromatic nitrogens is 2. The van der Waals surface area contributed by atoms with E-state index >= 15 is 0 Å². The number of anilines is 3. The molecule has 0 aliphatic carbocycles. The molecule has 28 heavy (non-hydrogen) atoms. The van der Waals surface area contributed by atoms with Crippen molar-refractivity contribution in [2.75, 3.05) is 36.8 Å². The van der Waals surface area contributed by atoms with Gasteiger partial charge in [-0.3, -0.25) is 0 Å². The first-order valence-corrected chi connectivity index (χ1v) is 10.00. The highest BCUT2D eigenvalue weighted by molar-refractivity contribution is 6.31. The van der Waals surface area contributed by atoms with Crippen LogP contribution in [0.5, 0.6) is 0 Å². The lowest BCUT2D eigenvalue weighted by Crippen LogP contribution is -2.22. The molecule has 1 saturated heterocycles. The highest BCUT2D eigenvalue weighted by Gasteiger charge is 2.10. The third-order valence-electron chi connectivity index (χ3n) is 5.00. The van der Waals surface area contributed by atoms with Gasteiger partial charge in [0.2, 0.25) is 0 Å². The van der Waals surface area contributed by atoms with E-state index in [2.05, 4.69) is 25.5 Å². The molecule has 0 amide bonds. The summed E-state index contributed by atoms with van der Waals surface area (Å²) in [5, 5.41) is 7.67. The molecule has 1 fully saturated rings. The Morgan fingerprint density at radius 3 is 2.68 bits per heavy atom. The first kappa shape index (κ1) is 18.9. The maximum atomic E-state index is 13.4. The zero-order chi connectivity index (χ0) is 19.3. The second kappa shape index (κ2) is 8.71. The van der Waals surface area contributed by atoms with Crippen LogP contribution in [0.2, 0.25) is 5.02 Å². The number of nitrogens with one attached hydrogen (secondary N) is 2. The van der Waals surface area contributed by atoms with Gasteiger partial charge in [0.1, 0.15) is 18.0 Å². The van der Waals surface area contributed by atoms with Crippen LogP contribution in [-0.4, -0.2) is 41.0 Å². The van der Waals surface area contributed by atoms with Crippen molar-refractivity contribution in [3.8, 4) is 0 Å². The van der Waals surface area contributed by atoms with Crippen molar-refractivity contribution in [2.45, 2.75) is 19.3 Å². The molecule has 0 atom stereocenters. The van der Waals surface area contributed by atoms with Gasteiger partial charge < -0.3 is 15.5 Å². The van der Waals surface area contributed by atoms with Crippen LogP contribution in [0.3, 0.4) is 0 Å². The van der Waals surface area contributed by atoms with Gasteiger partial charge in [0.15, 0.2) is 0 Å². The maximum absolute atomic E-state index is 13.4. The summed E-state index contributed by atoms with van der Waals surface area (Å²) in [6, 6.07) is 10.6. The zero-order valence-corrected chi connectivity index (χ0v) is 16.3. The standard InChI is InChI=1S/C21H23ClFN5/c22-18-13-16(4-6-19(18)23)27-21-17-12-15(5-7-20(17)25-14-26-21)24-8-3-11-28-9-1-2-10-28/h4-7,12-14,24H,1-3,8-11H2,(H,25,26,27). The second-order valence-electron chi connectivity index (χ2n) is 7.04. The summed E-state index contributed by atoms with van der Waals surface area (Å²) in [7, 11) is 0. The van der Waals surface area contributed by atoms with Crippen LogP contribution in [-0.2, 0) is 0 Å². The molecular formula is C21H23ClFN5. The van der Waals surface area contributed by atoms with Crippen molar-refractivity contribution < 1.29 is 4.39 Å². The molecule has 146 valence electrons. The molecule has 2 heterocycles. The van der Waals surface area contributed by atoms with Gasteiger partial charge in [0, 0.05) is 23.3 Å². The number of hydrogen-bond donors (Lipinski definition) is 2. The van der Waals surface area contributed by atoms with Crippen molar-refractivity contribution in [3.63, 3.8) is 0 Å². The number of halogens is 2. The lowest BCUT2D eigenvalue weighted by Gasteiger charge is -2.15. The number of hydrogen-bond acceptors (Lipinski definition) is 5. The predicted molar refractivity (Wildman–Crippen MR) is 113 cm³/mol. The third-order valence-corrected chi connectivity index (χ3v) is 5.29. The summed E-state index contributed by atoms with van der Waals surface area (Å²) in [5.74, 6) is 0.216. The Balaban J connectivity index is 1.46. The number of benzene rings is 2.